The van der Waals surface area contributed by atoms with Gasteiger partial charge in [0.15, 0.2) is 0 Å². The second-order valence-corrected chi connectivity index (χ2v) is 7.95. The first-order valence-electron chi connectivity index (χ1n) is 10.2. The molecule has 7 heteroatoms. The summed E-state index contributed by atoms with van der Waals surface area (Å²) in [6, 6.07) is 13.8. The number of rotatable bonds is 8. The van der Waals surface area contributed by atoms with E-state index in [0.29, 0.717) is 0 Å². The molecule has 0 aliphatic carbocycles. The number of carbonyl (C=O) groups is 4. The predicted molar refractivity (Wildman–Crippen MR) is 114 cm³/mol. The van der Waals surface area contributed by atoms with Gasteiger partial charge in [-0.2, -0.15) is 0 Å². The molecular weight excluding hydrogens is 396 g/mol. The number of hydrogen-bond acceptors (Lipinski definition) is 5. The number of fused-ring (bicyclic) bond motifs is 1. The van der Waals surface area contributed by atoms with Crippen LogP contribution in [0.1, 0.15) is 46.5 Å². The summed E-state index contributed by atoms with van der Waals surface area (Å²) in [5.41, 5.74) is 1.41. The number of benzene rings is 2. The van der Waals surface area contributed by atoms with Crippen LogP contribution >= 0.6 is 0 Å². The Kier molecular flexibility index (Phi) is 6.84. The molecule has 0 bridgehead atoms. The lowest BCUT2D eigenvalue weighted by Crippen LogP contribution is -2.54. The number of esters is 1. The van der Waals surface area contributed by atoms with Gasteiger partial charge in [-0.25, -0.2) is 4.79 Å². The van der Waals surface area contributed by atoms with E-state index in [1.54, 1.807) is 24.3 Å². The lowest BCUT2D eigenvalue weighted by Gasteiger charge is -2.28. The zero-order chi connectivity index (χ0) is 22.5. The molecule has 2 aromatic rings. The van der Waals surface area contributed by atoms with Crippen LogP contribution in [0.2, 0.25) is 0 Å². The first-order chi connectivity index (χ1) is 14.8. The third kappa shape index (κ3) is 4.82. The van der Waals surface area contributed by atoms with Crippen LogP contribution in [0, 0.1) is 5.92 Å². The van der Waals surface area contributed by atoms with Gasteiger partial charge in [0, 0.05) is 6.42 Å². The molecule has 0 radical (unpaired) electrons. The lowest BCUT2D eigenvalue weighted by atomic mass is 10.00. The van der Waals surface area contributed by atoms with Crippen LogP contribution in [0.5, 0.6) is 0 Å². The number of imide groups is 1. The van der Waals surface area contributed by atoms with E-state index in [1.807, 2.05) is 44.2 Å². The zero-order valence-corrected chi connectivity index (χ0v) is 17.8. The Bertz CT molecular complexity index is 951. The predicted octanol–water partition coefficient (Wildman–Crippen LogP) is 2.60. The normalized spacial score (nSPS) is 14.9. The molecule has 3 amide bonds. The fourth-order valence-corrected chi connectivity index (χ4v) is 3.72. The molecule has 1 aliphatic rings. The number of amides is 3. The van der Waals surface area contributed by atoms with E-state index in [9.17, 15) is 19.2 Å². The highest BCUT2D eigenvalue weighted by molar-refractivity contribution is 6.22. The number of nitrogens with one attached hydrogen (secondary N) is 1. The molecule has 0 saturated carbocycles. The summed E-state index contributed by atoms with van der Waals surface area (Å²) in [7, 11) is 1.25. The minimum atomic E-state index is -1.03. The van der Waals surface area contributed by atoms with Crippen molar-refractivity contribution < 1.29 is 23.9 Å². The van der Waals surface area contributed by atoms with Gasteiger partial charge in [-0.05, 0) is 30.0 Å². The highest BCUT2D eigenvalue weighted by atomic mass is 16.5. The maximum absolute atomic E-state index is 13.3. The molecule has 0 unspecified atom stereocenters. The number of methoxy groups -OCH3 is 1. The SMILES string of the molecule is COC(=O)[C@@H](Cc1ccccc1)NC(=O)[C@H](CC(C)C)N1C(=O)c2ccccc2C1=O. The number of nitrogens with zero attached hydrogens (tertiary/aromatic N) is 1. The Labute approximate surface area is 181 Å². The number of hydrogen-bond donors (Lipinski definition) is 1. The summed E-state index contributed by atoms with van der Waals surface area (Å²) in [6.07, 6.45) is 0.506. The Morgan fingerprint density at radius 3 is 2.00 bits per heavy atom. The average Bonchev–Trinajstić information content (AvgIpc) is 3.02. The van der Waals surface area contributed by atoms with Crippen molar-refractivity contribution in [1.82, 2.24) is 10.2 Å². The largest absolute Gasteiger partial charge is 0.467 e. The monoisotopic (exact) mass is 422 g/mol. The van der Waals surface area contributed by atoms with Gasteiger partial charge in [-0.3, -0.25) is 19.3 Å². The van der Waals surface area contributed by atoms with Crippen LogP contribution in [0.25, 0.3) is 0 Å². The van der Waals surface area contributed by atoms with Gasteiger partial charge in [0.25, 0.3) is 11.8 Å². The Balaban J connectivity index is 1.86. The van der Waals surface area contributed by atoms with Gasteiger partial charge in [-0.1, -0.05) is 56.3 Å². The highest BCUT2D eigenvalue weighted by Crippen LogP contribution is 2.27. The number of carbonyl (C=O) groups excluding carboxylic acids is 4. The van der Waals surface area contributed by atoms with Gasteiger partial charge in [0.1, 0.15) is 12.1 Å². The summed E-state index contributed by atoms with van der Waals surface area (Å²) in [4.78, 5) is 52.5. The maximum atomic E-state index is 13.3. The van der Waals surface area contributed by atoms with Gasteiger partial charge in [0.2, 0.25) is 5.91 Å². The summed E-state index contributed by atoms with van der Waals surface area (Å²) >= 11 is 0. The second kappa shape index (κ2) is 9.55. The van der Waals surface area contributed by atoms with E-state index in [2.05, 4.69) is 5.32 Å². The minimum Gasteiger partial charge on any atom is -0.467 e. The minimum absolute atomic E-state index is 0.0331. The van der Waals surface area contributed by atoms with E-state index in [0.717, 1.165) is 10.5 Å². The lowest BCUT2D eigenvalue weighted by molar-refractivity contribution is -0.145. The van der Waals surface area contributed by atoms with Gasteiger partial charge in [-0.15, -0.1) is 0 Å². The van der Waals surface area contributed by atoms with Crippen molar-refractivity contribution in [1.29, 1.82) is 0 Å². The fraction of sp³-hybridized carbons (Fsp3) is 0.333. The van der Waals surface area contributed by atoms with Crippen molar-refractivity contribution in [3.8, 4) is 0 Å². The molecule has 1 aliphatic heterocycles. The summed E-state index contributed by atoms with van der Waals surface area (Å²) in [5, 5.41) is 2.71. The van der Waals surface area contributed by atoms with Crippen molar-refractivity contribution in [3.05, 3.63) is 71.3 Å². The molecule has 2 aromatic carbocycles. The molecule has 1 heterocycles. The molecule has 0 fully saturated rings. The molecule has 2 atom stereocenters. The van der Waals surface area contributed by atoms with Crippen molar-refractivity contribution in [3.63, 3.8) is 0 Å². The molecule has 3 rings (SSSR count). The van der Waals surface area contributed by atoms with E-state index in [1.165, 1.54) is 7.11 Å². The van der Waals surface area contributed by atoms with Crippen LogP contribution in [-0.4, -0.2) is 47.8 Å². The average molecular weight is 422 g/mol. The zero-order valence-electron chi connectivity index (χ0n) is 17.8. The van der Waals surface area contributed by atoms with Crippen LogP contribution < -0.4 is 5.32 Å². The third-order valence-electron chi connectivity index (χ3n) is 5.22. The Morgan fingerprint density at radius 2 is 1.48 bits per heavy atom. The van der Waals surface area contributed by atoms with Crippen molar-refractivity contribution in [2.24, 2.45) is 5.92 Å². The van der Waals surface area contributed by atoms with E-state index >= 15 is 0 Å². The topological polar surface area (TPSA) is 92.8 Å². The summed E-state index contributed by atoms with van der Waals surface area (Å²) in [5.74, 6) is -2.12. The van der Waals surface area contributed by atoms with Gasteiger partial charge >= 0.3 is 5.97 Å². The molecule has 0 aromatic heterocycles. The van der Waals surface area contributed by atoms with Crippen LogP contribution in [0.4, 0.5) is 0 Å². The second-order valence-electron chi connectivity index (χ2n) is 7.95. The van der Waals surface area contributed by atoms with Crippen LogP contribution in [0.3, 0.4) is 0 Å². The molecule has 0 spiro atoms. The molecule has 31 heavy (non-hydrogen) atoms. The van der Waals surface area contributed by atoms with E-state index in [-0.39, 0.29) is 29.9 Å². The molecule has 0 saturated heterocycles. The standard InChI is InChI=1S/C24H26N2O5/c1-15(2)13-20(26-22(28)17-11-7-8-12-18(17)23(26)29)21(27)25-19(24(30)31-3)14-16-9-5-4-6-10-16/h4-12,15,19-20H,13-14H2,1-3H3,(H,25,27)/t19-,20+/m1/s1. The Hall–Kier alpha value is -3.48. The maximum Gasteiger partial charge on any atom is 0.328 e. The number of ether oxygens (including phenoxy) is 1. The van der Waals surface area contributed by atoms with Crippen LogP contribution in [0.15, 0.2) is 54.6 Å². The van der Waals surface area contributed by atoms with E-state index < -0.39 is 35.8 Å². The fourth-order valence-electron chi connectivity index (χ4n) is 3.72. The summed E-state index contributed by atoms with van der Waals surface area (Å²) in [6.45, 7) is 3.81. The third-order valence-corrected chi connectivity index (χ3v) is 5.22. The Morgan fingerprint density at radius 1 is 0.935 bits per heavy atom. The van der Waals surface area contributed by atoms with Crippen LogP contribution in [-0.2, 0) is 20.7 Å². The van der Waals surface area contributed by atoms with E-state index in [4.69, 9.17) is 4.74 Å². The molecular formula is C24H26N2O5. The van der Waals surface area contributed by atoms with Gasteiger partial charge in [0.05, 0.1) is 18.2 Å². The smallest absolute Gasteiger partial charge is 0.328 e. The summed E-state index contributed by atoms with van der Waals surface area (Å²) < 4.78 is 4.86. The quantitative estimate of drug-likeness (QED) is 0.521. The molecule has 7 nitrogen and oxygen atoms in total. The van der Waals surface area contributed by atoms with Crippen molar-refractivity contribution in [2.75, 3.05) is 7.11 Å². The first-order valence-corrected chi connectivity index (χ1v) is 10.2. The first kappa shape index (κ1) is 22.2. The van der Waals surface area contributed by atoms with Gasteiger partial charge < -0.3 is 10.1 Å². The molecule has 1 N–H and O–H groups in total. The van der Waals surface area contributed by atoms with Crippen molar-refractivity contribution in [2.45, 2.75) is 38.8 Å². The highest BCUT2D eigenvalue weighted by Gasteiger charge is 2.43. The van der Waals surface area contributed by atoms with Crippen molar-refractivity contribution >= 4 is 23.7 Å². The molecule has 162 valence electrons.